The summed E-state index contributed by atoms with van der Waals surface area (Å²) in [5, 5.41) is 10.6. The van der Waals surface area contributed by atoms with Gasteiger partial charge in [-0.3, -0.25) is 14.9 Å². The summed E-state index contributed by atoms with van der Waals surface area (Å²) in [5.74, 6) is -1.56. The fourth-order valence-corrected chi connectivity index (χ4v) is 1.17. The Labute approximate surface area is 93.3 Å². The van der Waals surface area contributed by atoms with Crippen molar-refractivity contribution in [1.82, 2.24) is 4.98 Å². The first-order chi connectivity index (χ1) is 7.88. The van der Waals surface area contributed by atoms with Gasteiger partial charge in [0.2, 0.25) is 5.88 Å². The summed E-state index contributed by atoms with van der Waals surface area (Å²) in [4.78, 5) is 23.7. The molecule has 1 rings (SSSR count). The molecule has 0 aliphatic rings. The number of nitrogens with two attached hydrogens (primary N) is 1. The van der Waals surface area contributed by atoms with Gasteiger partial charge >= 0.3 is 5.69 Å². The summed E-state index contributed by atoms with van der Waals surface area (Å²) in [6.45, 7) is 0. The Hall–Kier alpha value is -2.32. The molecule has 9 heteroatoms. The lowest BCUT2D eigenvalue weighted by atomic mass is 10.1. The van der Waals surface area contributed by atoms with Crippen molar-refractivity contribution in [1.29, 1.82) is 0 Å². The molecule has 0 aliphatic carbocycles. The van der Waals surface area contributed by atoms with Crippen LogP contribution in [0.2, 0.25) is 0 Å². The Morgan fingerprint density at radius 1 is 1.65 bits per heavy atom. The first kappa shape index (κ1) is 12.7. The standard InChI is InChI=1S/C8H7F2N3O4/c1-17-4-2-3(8(11)14)6(13(15)16)5(12-4)7(9)10/h2,7H,1H3,(H2,11,14). The number of nitro groups is 1. The van der Waals surface area contributed by atoms with Crippen molar-refractivity contribution in [3.05, 3.63) is 27.4 Å². The van der Waals surface area contributed by atoms with E-state index >= 15 is 0 Å². The van der Waals surface area contributed by atoms with Crippen LogP contribution in [0.1, 0.15) is 22.5 Å². The molecule has 0 saturated carbocycles. The summed E-state index contributed by atoms with van der Waals surface area (Å²) in [7, 11) is 1.12. The third kappa shape index (κ3) is 2.44. The third-order valence-corrected chi connectivity index (χ3v) is 1.86. The van der Waals surface area contributed by atoms with Crippen LogP contribution >= 0.6 is 0 Å². The van der Waals surface area contributed by atoms with Gasteiger partial charge in [-0.25, -0.2) is 13.8 Å². The van der Waals surface area contributed by atoms with Crippen molar-refractivity contribution >= 4 is 11.6 Å². The van der Waals surface area contributed by atoms with Crippen LogP contribution in [-0.4, -0.2) is 22.9 Å². The maximum atomic E-state index is 12.6. The smallest absolute Gasteiger partial charge is 0.309 e. The van der Waals surface area contributed by atoms with Crippen LogP contribution in [0.25, 0.3) is 0 Å². The number of hydrogen-bond acceptors (Lipinski definition) is 5. The number of amides is 1. The fourth-order valence-electron chi connectivity index (χ4n) is 1.17. The van der Waals surface area contributed by atoms with Gasteiger partial charge in [-0.05, 0) is 0 Å². The quantitative estimate of drug-likeness (QED) is 0.631. The largest absolute Gasteiger partial charge is 0.481 e. The highest BCUT2D eigenvalue weighted by molar-refractivity contribution is 5.97. The summed E-state index contributed by atoms with van der Waals surface area (Å²) in [5.41, 5.74) is 1.95. The van der Waals surface area contributed by atoms with Gasteiger partial charge in [-0.2, -0.15) is 0 Å². The summed E-state index contributed by atoms with van der Waals surface area (Å²) < 4.78 is 29.7. The predicted octanol–water partition coefficient (Wildman–Crippen LogP) is 1.03. The van der Waals surface area contributed by atoms with Gasteiger partial charge in [0.05, 0.1) is 12.0 Å². The van der Waals surface area contributed by atoms with E-state index in [9.17, 15) is 23.7 Å². The predicted molar refractivity (Wildman–Crippen MR) is 50.9 cm³/mol. The molecule has 1 aromatic rings. The Morgan fingerprint density at radius 2 is 2.24 bits per heavy atom. The molecular weight excluding hydrogens is 240 g/mol. The Morgan fingerprint density at radius 3 is 2.59 bits per heavy atom. The molecule has 0 saturated heterocycles. The van der Waals surface area contributed by atoms with Crippen LogP contribution in [0.3, 0.4) is 0 Å². The second-order valence-corrected chi connectivity index (χ2v) is 2.87. The molecule has 1 heterocycles. The highest BCUT2D eigenvalue weighted by Crippen LogP contribution is 2.32. The van der Waals surface area contributed by atoms with Crippen LogP contribution in [0.4, 0.5) is 14.5 Å². The molecule has 0 atom stereocenters. The van der Waals surface area contributed by atoms with Gasteiger partial charge in [0, 0.05) is 6.07 Å². The molecule has 0 aliphatic heterocycles. The molecule has 17 heavy (non-hydrogen) atoms. The van der Waals surface area contributed by atoms with E-state index in [4.69, 9.17) is 5.73 Å². The van der Waals surface area contributed by atoms with Crippen LogP contribution in [0.5, 0.6) is 5.88 Å². The molecule has 1 aromatic heterocycles. The molecule has 0 aromatic carbocycles. The molecule has 1 amide bonds. The first-order valence-electron chi connectivity index (χ1n) is 4.19. The van der Waals surface area contributed by atoms with Crippen molar-refractivity contribution < 1.29 is 23.2 Å². The monoisotopic (exact) mass is 247 g/mol. The molecule has 0 fully saturated rings. The maximum absolute atomic E-state index is 12.6. The Kier molecular flexibility index (Phi) is 3.51. The SMILES string of the molecule is COc1cc(C(N)=O)c([N+](=O)[O-])c(C(F)F)n1. The zero-order chi connectivity index (χ0) is 13.2. The molecule has 0 radical (unpaired) electrons. The normalized spacial score (nSPS) is 10.4. The van der Waals surface area contributed by atoms with Gasteiger partial charge in [0.15, 0.2) is 5.69 Å². The number of ether oxygens (including phenoxy) is 1. The molecule has 2 N–H and O–H groups in total. The number of alkyl halides is 2. The van der Waals surface area contributed by atoms with Gasteiger partial charge in [-0.1, -0.05) is 0 Å². The third-order valence-electron chi connectivity index (χ3n) is 1.86. The summed E-state index contributed by atoms with van der Waals surface area (Å²) in [6, 6.07) is 0.840. The summed E-state index contributed by atoms with van der Waals surface area (Å²) >= 11 is 0. The van der Waals surface area contributed by atoms with E-state index in [0.717, 1.165) is 13.2 Å². The highest BCUT2D eigenvalue weighted by Gasteiger charge is 2.31. The molecule has 0 bridgehead atoms. The molecule has 0 spiro atoms. The van der Waals surface area contributed by atoms with Gasteiger partial charge in [0.1, 0.15) is 5.56 Å². The van der Waals surface area contributed by atoms with Crippen LogP contribution < -0.4 is 10.5 Å². The van der Waals surface area contributed by atoms with E-state index in [-0.39, 0.29) is 5.88 Å². The topological polar surface area (TPSA) is 108 Å². The summed E-state index contributed by atoms with van der Waals surface area (Å²) in [6.07, 6.45) is -3.22. The first-order valence-corrected chi connectivity index (χ1v) is 4.19. The highest BCUT2D eigenvalue weighted by atomic mass is 19.3. The maximum Gasteiger partial charge on any atom is 0.309 e. The lowest BCUT2D eigenvalue weighted by Gasteiger charge is -2.07. The second-order valence-electron chi connectivity index (χ2n) is 2.87. The number of pyridine rings is 1. The van der Waals surface area contributed by atoms with E-state index in [1.54, 1.807) is 0 Å². The minimum absolute atomic E-state index is 0.348. The number of methoxy groups -OCH3 is 1. The van der Waals surface area contributed by atoms with Crippen molar-refractivity contribution in [3.63, 3.8) is 0 Å². The number of halogens is 2. The van der Waals surface area contributed by atoms with E-state index in [1.807, 2.05) is 0 Å². The van der Waals surface area contributed by atoms with Crippen molar-refractivity contribution in [2.75, 3.05) is 7.11 Å². The van der Waals surface area contributed by atoms with Crippen molar-refractivity contribution in [3.8, 4) is 5.88 Å². The zero-order valence-corrected chi connectivity index (χ0v) is 8.52. The van der Waals surface area contributed by atoms with Gasteiger partial charge < -0.3 is 10.5 Å². The fraction of sp³-hybridized carbons (Fsp3) is 0.250. The average Bonchev–Trinajstić information content (AvgIpc) is 2.26. The minimum Gasteiger partial charge on any atom is -0.481 e. The van der Waals surface area contributed by atoms with E-state index < -0.39 is 34.2 Å². The van der Waals surface area contributed by atoms with Crippen LogP contribution in [-0.2, 0) is 0 Å². The number of carbonyl (C=O) groups excluding carboxylic acids is 1. The van der Waals surface area contributed by atoms with E-state index in [0.29, 0.717) is 0 Å². The minimum atomic E-state index is -3.22. The van der Waals surface area contributed by atoms with E-state index in [2.05, 4.69) is 9.72 Å². The molecule has 7 nitrogen and oxygen atoms in total. The number of primary amides is 1. The van der Waals surface area contributed by atoms with E-state index in [1.165, 1.54) is 0 Å². The van der Waals surface area contributed by atoms with Gasteiger partial charge in [-0.15, -0.1) is 0 Å². The number of nitrogens with zero attached hydrogens (tertiary/aromatic N) is 2. The van der Waals surface area contributed by atoms with Gasteiger partial charge in [0.25, 0.3) is 12.3 Å². The van der Waals surface area contributed by atoms with Crippen molar-refractivity contribution in [2.45, 2.75) is 6.43 Å². The zero-order valence-electron chi connectivity index (χ0n) is 8.52. The van der Waals surface area contributed by atoms with Crippen LogP contribution in [0.15, 0.2) is 6.07 Å². The van der Waals surface area contributed by atoms with Crippen LogP contribution in [0, 0.1) is 10.1 Å². The molecule has 0 unspecified atom stereocenters. The Balaban J connectivity index is 3.61. The number of hydrogen-bond donors (Lipinski definition) is 1. The number of rotatable bonds is 4. The lowest BCUT2D eigenvalue weighted by Crippen LogP contribution is -2.16. The Bertz CT molecular complexity index is 478. The average molecular weight is 247 g/mol. The lowest BCUT2D eigenvalue weighted by molar-refractivity contribution is -0.386. The molecular formula is C8H7F2N3O4. The number of carbonyl (C=O) groups is 1. The number of aromatic nitrogens is 1. The second kappa shape index (κ2) is 4.68. The molecule has 92 valence electrons. The van der Waals surface area contributed by atoms with Crippen molar-refractivity contribution in [2.24, 2.45) is 5.73 Å².